The van der Waals surface area contributed by atoms with Crippen molar-refractivity contribution in [1.29, 1.82) is 0 Å². The van der Waals surface area contributed by atoms with Crippen LogP contribution >= 0.6 is 0 Å². The van der Waals surface area contributed by atoms with Crippen molar-refractivity contribution in [2.24, 2.45) is 87.8 Å². The average Bonchev–Trinajstić information content (AvgIpc) is 0.806. The van der Waals surface area contributed by atoms with E-state index in [9.17, 15) is 53.1 Å². The number of aromatic hydroxyl groups is 1. The van der Waals surface area contributed by atoms with Gasteiger partial charge in [0, 0.05) is 122 Å². The van der Waals surface area contributed by atoms with Gasteiger partial charge in [-0.15, -0.1) is 0 Å². The number of rotatable bonds is 41. The molecule has 20 N–H and O–H groups in total. The number of ketones is 2. The number of benzene rings is 1. The van der Waals surface area contributed by atoms with Crippen LogP contribution in [0.15, 0.2) is 24.3 Å². The molecule has 0 radical (unpaired) electrons. The summed E-state index contributed by atoms with van der Waals surface area (Å²) in [6.45, 7) is 1.31. The summed E-state index contributed by atoms with van der Waals surface area (Å²) in [6.07, 6.45) is 28.1. The quantitative estimate of drug-likeness (QED) is 0.0295. The molecule has 8 aliphatic carbocycles. The maximum atomic E-state index is 15.2. The van der Waals surface area contributed by atoms with Crippen molar-refractivity contribution in [1.82, 2.24) is 47.9 Å². The lowest BCUT2D eigenvalue weighted by atomic mass is 9.69. The zero-order valence-corrected chi connectivity index (χ0v) is 68.2. The van der Waals surface area contributed by atoms with Crippen LogP contribution in [-0.2, 0) is 64.0 Å². The first kappa shape index (κ1) is 90.8. The summed E-state index contributed by atoms with van der Waals surface area (Å²) in [7, 11) is 0. The van der Waals surface area contributed by atoms with Crippen LogP contribution in [0.1, 0.15) is 295 Å². The van der Waals surface area contributed by atoms with E-state index in [-0.39, 0.29) is 108 Å². The first-order chi connectivity index (χ1) is 55.1. The third kappa shape index (κ3) is 27.8. The fourth-order valence-electron chi connectivity index (χ4n) is 20.7. The van der Waals surface area contributed by atoms with Crippen LogP contribution in [0.3, 0.4) is 0 Å². The third-order valence-electron chi connectivity index (χ3n) is 26.9. The molecule has 9 rings (SSSR count). The molecule has 8 saturated carbocycles. The van der Waals surface area contributed by atoms with Crippen LogP contribution in [0.5, 0.6) is 5.75 Å². The normalized spacial score (nSPS) is 29.1. The van der Waals surface area contributed by atoms with Crippen molar-refractivity contribution in [3.8, 4) is 5.75 Å². The minimum Gasteiger partial charge on any atom is -0.508 e. The van der Waals surface area contributed by atoms with Crippen LogP contribution in [0.2, 0.25) is 0 Å². The Balaban J connectivity index is 0.776. The minimum absolute atomic E-state index is 0.0114. The highest BCUT2D eigenvalue weighted by atomic mass is 16.3. The summed E-state index contributed by atoms with van der Waals surface area (Å²) in [5.41, 5.74) is 30.9. The topological polar surface area (TPSA) is 463 Å². The molecule has 1 aromatic rings. The van der Waals surface area contributed by atoms with Crippen molar-refractivity contribution in [2.75, 3.05) is 19.6 Å². The number of hydrogen-bond donors (Lipinski definition) is 15. The van der Waals surface area contributed by atoms with E-state index in [1.54, 1.807) is 24.3 Å². The zero-order valence-electron chi connectivity index (χ0n) is 68.2. The maximum Gasteiger partial charge on any atom is 0.225 e. The lowest BCUT2D eigenvalue weighted by molar-refractivity contribution is -0.140. The molecule has 27 nitrogen and oxygen atoms in total. The number of carbonyl (C=O) groups is 12. The second kappa shape index (κ2) is 47.3. The summed E-state index contributed by atoms with van der Waals surface area (Å²) in [4.78, 5) is 171. The van der Waals surface area contributed by atoms with Gasteiger partial charge >= 0.3 is 0 Å². The van der Waals surface area contributed by atoms with Crippen LogP contribution in [-0.4, -0.2) is 156 Å². The summed E-state index contributed by atoms with van der Waals surface area (Å²) in [5.74, 6) is -8.02. The van der Waals surface area contributed by atoms with Crippen LogP contribution in [0.25, 0.3) is 0 Å². The van der Waals surface area contributed by atoms with Crippen molar-refractivity contribution in [3.63, 3.8) is 0 Å². The van der Waals surface area contributed by atoms with Gasteiger partial charge in [-0.3, -0.25) is 57.5 Å². The lowest BCUT2D eigenvalue weighted by Gasteiger charge is -2.38. The Kier molecular flexibility index (Phi) is 37.7. The predicted octanol–water partition coefficient (Wildman–Crippen LogP) is 6.95. The molecule has 638 valence electrons. The van der Waals surface area contributed by atoms with Crippen molar-refractivity contribution >= 4 is 70.6 Å². The molecule has 114 heavy (non-hydrogen) atoms. The van der Waals surface area contributed by atoms with Crippen molar-refractivity contribution in [3.05, 3.63) is 29.8 Å². The van der Waals surface area contributed by atoms with E-state index in [0.29, 0.717) is 187 Å². The Morgan fingerprint density at radius 2 is 0.579 bits per heavy atom. The highest BCUT2D eigenvalue weighted by Gasteiger charge is 2.47. The van der Waals surface area contributed by atoms with E-state index in [1.807, 2.05) is 0 Å². The van der Waals surface area contributed by atoms with Crippen molar-refractivity contribution in [2.45, 2.75) is 356 Å². The van der Waals surface area contributed by atoms with E-state index in [1.165, 1.54) is 0 Å². The fourth-order valence-corrected chi connectivity index (χ4v) is 20.7. The summed E-state index contributed by atoms with van der Waals surface area (Å²) in [6, 6.07) is 2.06. The molecule has 0 aliphatic heterocycles. The monoisotopic (exact) mass is 1590 g/mol. The molecule has 8 aliphatic rings. The van der Waals surface area contributed by atoms with Gasteiger partial charge in [-0.2, -0.15) is 0 Å². The number of phenolic OH excluding ortho intramolecular Hbond substituents is 1. The van der Waals surface area contributed by atoms with E-state index in [2.05, 4.69) is 47.9 Å². The Morgan fingerprint density at radius 1 is 0.316 bits per heavy atom. The van der Waals surface area contributed by atoms with Gasteiger partial charge < -0.3 is 81.6 Å². The summed E-state index contributed by atoms with van der Waals surface area (Å²) in [5, 5.41) is 38.5. The molecule has 10 amide bonds. The molecule has 8 unspecified atom stereocenters. The summed E-state index contributed by atoms with van der Waals surface area (Å²) >= 11 is 0. The number of carbonyl (C=O) groups excluding carboxylic acids is 12. The van der Waals surface area contributed by atoms with Crippen molar-refractivity contribution < 1.29 is 62.6 Å². The molecular formula is C87H142N14O13. The average molecular weight is 1590 g/mol. The Morgan fingerprint density at radius 3 is 0.921 bits per heavy atom. The molecule has 8 fully saturated rings. The largest absolute Gasteiger partial charge is 0.508 e. The number of Topliss-reactive ketones (excluding diaryl/α,β-unsaturated/α-hetero) is 2. The standard InChI is InChI=1S/C87H142N14O13/c88-46-20-17-23-56(51-77(104)96-70-36-11-5-30-64(70)80(107)61-27-2-4-29-63(61)84(111)94-57(24-18-21-47-89)52-79(106)99-74-40-15-9-34-68(74)86(113)100-72-38-13-7-32-66(72)82(92)109)93-83(110)62-28-3-1-26-60(62)81(108)65-31-6-12-37-71(65)97-78(105)53-58(25-19-22-48-90)95-85(112)69-35-10-16-41-75(69)101-87(114)67-33-8-14-39-73(67)98-76(103)50-55(91)49-54-42-44-59(102)45-43-54/h42-45,55-58,60-75,102H,1-41,46-53,88-91H2,(H2,92,109)(H,93,110)(H,94,111)(H,95,112)(H,96,104)(H,97,105)(H,98,103)(H,99,106)(H,100,113)(H,101,114)/t55-,56-,57-,58-,60+,61+,62?,63?,64?,65?,66?,67?,68?,69?,70+,71+,72+,73+,74+,75+/m0/s1. The number of hydrogen-bond acceptors (Lipinski definition) is 17. The Bertz CT molecular complexity index is 3310. The molecule has 20 atom stereocenters. The minimum atomic E-state index is -0.649. The molecular weight excluding hydrogens is 1450 g/mol. The number of nitrogens with two attached hydrogens (primary N) is 5. The molecule has 27 heteroatoms. The van der Waals surface area contributed by atoms with E-state index in [0.717, 1.165) is 108 Å². The molecule has 0 heterocycles. The van der Waals surface area contributed by atoms with Gasteiger partial charge in [0.1, 0.15) is 17.3 Å². The van der Waals surface area contributed by atoms with E-state index < -0.39 is 113 Å². The van der Waals surface area contributed by atoms with Gasteiger partial charge in [0.15, 0.2) is 0 Å². The van der Waals surface area contributed by atoms with Gasteiger partial charge in [0.2, 0.25) is 59.1 Å². The maximum absolute atomic E-state index is 15.2. The third-order valence-corrected chi connectivity index (χ3v) is 26.9. The molecule has 0 bridgehead atoms. The smallest absolute Gasteiger partial charge is 0.225 e. The Hall–Kier alpha value is -7.10. The number of nitrogens with one attached hydrogen (secondary N) is 9. The first-order valence-corrected chi connectivity index (χ1v) is 44.8. The SMILES string of the molecule is NCCCC[C@@H](CC(=O)N[C@@H]1CCCCC1C(=O)[C@@H]1CCCCC1C(=O)N[C@@H](CCCCN)CC(=O)N[C@@H]1CCCCC1C(=O)[C@@H]1CCCCC1C(=O)N[C@@H](CCCCN)CC(=O)N[C@@H]1CCCCC1C(=O)N[C@@H]1CCCCC1C(N)=O)NC(=O)C1CCCC[C@H]1NC(=O)C1CCCC[C@H]1NC(=O)C[C@@H](N)Cc1ccc(O)cc1. The number of phenols is 1. The van der Waals surface area contributed by atoms with Crippen LogP contribution in [0.4, 0.5) is 0 Å². The zero-order chi connectivity index (χ0) is 81.5. The summed E-state index contributed by atoms with van der Waals surface area (Å²) < 4.78 is 0. The second-order valence-corrected chi connectivity index (χ2v) is 35.4. The van der Waals surface area contributed by atoms with Gasteiger partial charge in [-0.05, 0) is 185 Å². The predicted molar refractivity (Wildman–Crippen MR) is 436 cm³/mol. The highest BCUT2D eigenvalue weighted by molar-refractivity contribution is 5.94. The van der Waals surface area contributed by atoms with Gasteiger partial charge in [-0.1, -0.05) is 134 Å². The lowest BCUT2D eigenvalue weighted by Crippen LogP contribution is -2.55. The second-order valence-electron chi connectivity index (χ2n) is 35.4. The highest BCUT2D eigenvalue weighted by Crippen LogP contribution is 2.40. The van der Waals surface area contributed by atoms with E-state index in [4.69, 9.17) is 28.7 Å². The fraction of sp³-hybridized carbons (Fsp3) is 0.793. The van der Waals surface area contributed by atoms with Crippen LogP contribution < -0.4 is 76.5 Å². The van der Waals surface area contributed by atoms with Gasteiger partial charge in [0.05, 0.1) is 23.7 Å². The Labute approximate surface area is 676 Å². The number of unbranched alkanes of at least 4 members (excludes halogenated alkanes) is 3. The van der Waals surface area contributed by atoms with Gasteiger partial charge in [0.25, 0.3) is 0 Å². The molecule has 1 aromatic carbocycles. The first-order valence-electron chi connectivity index (χ1n) is 44.8. The molecule has 0 spiro atoms. The molecule has 0 saturated heterocycles. The van der Waals surface area contributed by atoms with Gasteiger partial charge in [-0.25, -0.2) is 0 Å². The molecule has 0 aromatic heterocycles. The number of amides is 10. The van der Waals surface area contributed by atoms with E-state index >= 15 is 9.59 Å². The number of primary amides is 1. The van der Waals surface area contributed by atoms with Crippen LogP contribution in [0, 0.1) is 59.2 Å².